The molecule has 2 rings (SSSR count). The second-order valence-electron chi connectivity index (χ2n) is 4.62. The fourth-order valence-electron chi connectivity index (χ4n) is 2.29. The first-order valence-corrected chi connectivity index (χ1v) is 7.22. The summed E-state index contributed by atoms with van der Waals surface area (Å²) in [5.74, 6) is 0. The normalized spacial score (nSPS) is 24.8. The first-order chi connectivity index (χ1) is 8.19. The predicted octanol–water partition coefficient (Wildman–Crippen LogP) is 2.84. The molecule has 0 radical (unpaired) electrons. The van der Waals surface area contributed by atoms with Gasteiger partial charge in [0.05, 0.1) is 23.8 Å². The smallest absolute Gasteiger partial charge is 0.0574 e. The third kappa shape index (κ3) is 3.28. The zero-order valence-electron chi connectivity index (χ0n) is 10.8. The van der Waals surface area contributed by atoms with Gasteiger partial charge in [0.1, 0.15) is 0 Å². The average Bonchev–Trinajstić information content (AvgIpc) is 2.28. The lowest BCUT2D eigenvalue weighted by molar-refractivity contribution is 0.727. The fourth-order valence-corrected chi connectivity index (χ4v) is 3.62. The number of hydrogen-bond donors (Lipinski definition) is 1. The van der Waals surface area contributed by atoms with E-state index in [-0.39, 0.29) is 0 Å². The maximum absolute atomic E-state index is 4.32. The van der Waals surface area contributed by atoms with Gasteiger partial charge in [0.15, 0.2) is 0 Å². The van der Waals surface area contributed by atoms with Crippen molar-refractivity contribution in [3.63, 3.8) is 0 Å². The summed E-state index contributed by atoms with van der Waals surface area (Å²) in [4.78, 5) is 6.76. The summed E-state index contributed by atoms with van der Waals surface area (Å²) in [7, 11) is 0. The molecule has 17 heavy (non-hydrogen) atoms. The van der Waals surface area contributed by atoms with Gasteiger partial charge in [-0.2, -0.15) is 11.8 Å². The molecule has 1 N–H and O–H groups in total. The maximum Gasteiger partial charge on any atom is 0.0574 e. The van der Waals surface area contributed by atoms with E-state index >= 15 is 0 Å². The van der Waals surface area contributed by atoms with Crippen LogP contribution in [0.3, 0.4) is 0 Å². The number of nitrogens with zero attached hydrogens (tertiary/aromatic N) is 2. The fraction of sp³-hybridized carbons (Fsp3) is 0.615. The highest BCUT2D eigenvalue weighted by atomic mass is 32.2. The van der Waals surface area contributed by atoms with Crippen molar-refractivity contribution in [3.8, 4) is 0 Å². The van der Waals surface area contributed by atoms with Gasteiger partial charge in [-0.25, -0.2) is 0 Å². The number of pyridine rings is 1. The molecule has 1 fully saturated rings. The highest BCUT2D eigenvalue weighted by molar-refractivity contribution is 8.00. The van der Waals surface area contributed by atoms with E-state index in [1.54, 1.807) is 0 Å². The minimum Gasteiger partial charge on any atom is -0.384 e. The van der Waals surface area contributed by atoms with Crippen molar-refractivity contribution in [2.45, 2.75) is 31.3 Å². The molecule has 1 aromatic rings. The van der Waals surface area contributed by atoms with Gasteiger partial charge < -0.3 is 10.2 Å². The molecular weight excluding hydrogens is 230 g/mol. The lowest BCUT2D eigenvalue weighted by atomic mass is 10.2. The summed E-state index contributed by atoms with van der Waals surface area (Å²) in [6, 6.07) is 2.20. The van der Waals surface area contributed by atoms with Crippen molar-refractivity contribution in [1.29, 1.82) is 0 Å². The van der Waals surface area contributed by atoms with E-state index in [2.05, 4.69) is 53.8 Å². The van der Waals surface area contributed by atoms with Gasteiger partial charge in [-0.15, -0.1) is 0 Å². The molecule has 0 aliphatic carbocycles. The minimum atomic E-state index is 0.696. The Bertz CT molecular complexity index is 359. The third-order valence-electron chi connectivity index (χ3n) is 2.89. The molecule has 3 nitrogen and oxygen atoms in total. The van der Waals surface area contributed by atoms with E-state index in [0.717, 1.165) is 25.3 Å². The minimum absolute atomic E-state index is 0.696. The molecule has 1 aromatic heterocycles. The van der Waals surface area contributed by atoms with E-state index in [0.29, 0.717) is 10.5 Å². The molecule has 2 heterocycles. The Morgan fingerprint density at radius 2 is 2.06 bits per heavy atom. The Balaban J connectivity index is 2.12. The quantitative estimate of drug-likeness (QED) is 0.894. The number of nitrogens with one attached hydrogen (secondary N) is 1. The monoisotopic (exact) mass is 251 g/mol. The summed E-state index contributed by atoms with van der Waals surface area (Å²) in [5.41, 5.74) is 2.35. The molecule has 0 bridgehead atoms. The zero-order chi connectivity index (χ0) is 12.3. The molecule has 1 aliphatic rings. The Kier molecular flexibility index (Phi) is 4.15. The molecule has 2 unspecified atom stereocenters. The highest BCUT2D eigenvalue weighted by Crippen LogP contribution is 2.29. The van der Waals surface area contributed by atoms with E-state index < -0.39 is 0 Å². The van der Waals surface area contributed by atoms with Crippen LogP contribution in [0.1, 0.15) is 20.8 Å². The lowest BCUT2D eigenvalue weighted by Crippen LogP contribution is -2.40. The van der Waals surface area contributed by atoms with Gasteiger partial charge in [0, 0.05) is 30.1 Å². The van der Waals surface area contributed by atoms with Crippen LogP contribution in [0.5, 0.6) is 0 Å². The number of aromatic nitrogens is 1. The van der Waals surface area contributed by atoms with Gasteiger partial charge in [0.2, 0.25) is 0 Å². The van der Waals surface area contributed by atoms with Gasteiger partial charge in [-0.05, 0) is 13.0 Å². The molecule has 0 amide bonds. The molecule has 0 spiro atoms. The molecule has 1 saturated heterocycles. The SMILES string of the molecule is CCNc1cncc(N2CC(C)SC(C)C2)c1. The Morgan fingerprint density at radius 3 is 2.71 bits per heavy atom. The van der Waals surface area contributed by atoms with Crippen LogP contribution in [0.15, 0.2) is 18.5 Å². The van der Waals surface area contributed by atoms with Gasteiger partial charge in [-0.1, -0.05) is 13.8 Å². The predicted molar refractivity (Wildman–Crippen MR) is 77.1 cm³/mol. The van der Waals surface area contributed by atoms with Gasteiger partial charge in [0.25, 0.3) is 0 Å². The van der Waals surface area contributed by atoms with Crippen LogP contribution in [0.25, 0.3) is 0 Å². The molecule has 1 aliphatic heterocycles. The van der Waals surface area contributed by atoms with Crippen LogP contribution < -0.4 is 10.2 Å². The molecule has 0 aromatic carbocycles. The van der Waals surface area contributed by atoms with E-state index in [4.69, 9.17) is 0 Å². The van der Waals surface area contributed by atoms with E-state index in [9.17, 15) is 0 Å². The summed E-state index contributed by atoms with van der Waals surface area (Å²) in [6.45, 7) is 9.88. The Morgan fingerprint density at radius 1 is 1.35 bits per heavy atom. The average molecular weight is 251 g/mol. The van der Waals surface area contributed by atoms with Crippen molar-refractivity contribution < 1.29 is 0 Å². The highest BCUT2D eigenvalue weighted by Gasteiger charge is 2.22. The number of hydrogen-bond acceptors (Lipinski definition) is 4. The molecule has 0 saturated carbocycles. The second-order valence-corrected chi connectivity index (χ2v) is 6.51. The topological polar surface area (TPSA) is 28.2 Å². The first-order valence-electron chi connectivity index (χ1n) is 6.28. The van der Waals surface area contributed by atoms with Gasteiger partial charge in [-0.3, -0.25) is 4.98 Å². The van der Waals surface area contributed by atoms with Crippen molar-refractivity contribution in [2.24, 2.45) is 0 Å². The largest absolute Gasteiger partial charge is 0.384 e. The number of rotatable bonds is 3. The van der Waals surface area contributed by atoms with E-state index in [1.807, 2.05) is 12.4 Å². The Hall–Kier alpha value is -0.900. The third-order valence-corrected chi connectivity index (χ3v) is 4.12. The first kappa shape index (κ1) is 12.6. The van der Waals surface area contributed by atoms with Crippen LogP contribution in [0.2, 0.25) is 0 Å². The Labute approximate surface area is 108 Å². The molecule has 2 atom stereocenters. The van der Waals surface area contributed by atoms with Crippen molar-refractivity contribution in [2.75, 3.05) is 29.9 Å². The van der Waals surface area contributed by atoms with Crippen LogP contribution in [-0.2, 0) is 0 Å². The number of thioether (sulfide) groups is 1. The zero-order valence-corrected chi connectivity index (χ0v) is 11.6. The number of anilines is 2. The molecule has 94 valence electrons. The summed E-state index contributed by atoms with van der Waals surface area (Å²) in [6.07, 6.45) is 3.86. The van der Waals surface area contributed by atoms with Crippen LogP contribution in [-0.4, -0.2) is 35.1 Å². The summed E-state index contributed by atoms with van der Waals surface area (Å²) < 4.78 is 0. The van der Waals surface area contributed by atoms with Crippen LogP contribution in [0.4, 0.5) is 11.4 Å². The second kappa shape index (κ2) is 5.63. The van der Waals surface area contributed by atoms with Crippen molar-refractivity contribution in [1.82, 2.24) is 4.98 Å². The molecular formula is C13H21N3S. The van der Waals surface area contributed by atoms with E-state index in [1.165, 1.54) is 5.69 Å². The van der Waals surface area contributed by atoms with Crippen molar-refractivity contribution >= 4 is 23.1 Å². The van der Waals surface area contributed by atoms with Crippen LogP contribution >= 0.6 is 11.8 Å². The lowest BCUT2D eigenvalue weighted by Gasteiger charge is -2.36. The summed E-state index contributed by atoms with van der Waals surface area (Å²) >= 11 is 2.08. The van der Waals surface area contributed by atoms with Crippen molar-refractivity contribution in [3.05, 3.63) is 18.5 Å². The standard InChI is InChI=1S/C13H21N3S/c1-4-15-12-5-13(7-14-6-12)16-8-10(2)17-11(3)9-16/h5-7,10-11,15H,4,8-9H2,1-3H3. The summed E-state index contributed by atoms with van der Waals surface area (Å²) in [5, 5.41) is 4.71. The molecule has 4 heteroatoms. The maximum atomic E-state index is 4.32. The van der Waals surface area contributed by atoms with Gasteiger partial charge >= 0.3 is 0 Å². The van der Waals surface area contributed by atoms with Crippen LogP contribution in [0, 0.1) is 0 Å².